The van der Waals surface area contributed by atoms with Crippen LogP contribution >= 0.6 is 0 Å². The summed E-state index contributed by atoms with van der Waals surface area (Å²) < 4.78 is 8.30. The van der Waals surface area contributed by atoms with Crippen molar-refractivity contribution in [1.82, 2.24) is 4.57 Å². The summed E-state index contributed by atoms with van der Waals surface area (Å²) in [7, 11) is 0. The van der Waals surface area contributed by atoms with E-state index in [4.69, 9.17) is 11.0 Å². The first-order valence-corrected chi connectivity index (χ1v) is 13.0. The number of para-hydroxylation sites is 1. The molecule has 6 aromatic carbocycles. The molecule has 0 aliphatic carbocycles. The van der Waals surface area contributed by atoms with Gasteiger partial charge in [0.2, 0.25) is 0 Å². The molecule has 0 spiro atoms. The average molecular weight is 510 g/mol. The van der Waals surface area contributed by atoms with Crippen molar-refractivity contribution < 1.29 is 4.42 Å². The number of nitrogens with zero attached hydrogens (tertiary/aromatic N) is 3. The number of furan rings is 1. The third-order valence-electron chi connectivity index (χ3n) is 7.84. The highest BCUT2D eigenvalue weighted by Crippen LogP contribution is 2.40. The quantitative estimate of drug-likeness (QED) is 0.218. The van der Waals surface area contributed by atoms with E-state index in [1.165, 1.54) is 0 Å². The molecule has 0 aliphatic heterocycles. The van der Waals surface area contributed by atoms with E-state index >= 15 is 0 Å². The zero-order valence-electron chi connectivity index (χ0n) is 21.2. The van der Waals surface area contributed by atoms with E-state index in [1.54, 1.807) is 12.1 Å². The number of benzene rings is 6. The SMILES string of the molecule is [C-]#[N+]c1ccc(C#N)c(-n2c3ccc(-c4ccc5c(c4)oc4ccccc45)cc3c3c4ccccc4ccc32)c1. The van der Waals surface area contributed by atoms with E-state index in [9.17, 15) is 5.26 Å². The van der Waals surface area contributed by atoms with Gasteiger partial charge >= 0.3 is 0 Å². The Labute approximate surface area is 229 Å². The van der Waals surface area contributed by atoms with Crippen LogP contribution in [0.25, 0.3) is 76.2 Å². The molecule has 2 aromatic heterocycles. The number of aromatic nitrogens is 1. The van der Waals surface area contributed by atoms with Gasteiger partial charge in [0.15, 0.2) is 5.69 Å². The second kappa shape index (κ2) is 8.33. The van der Waals surface area contributed by atoms with Crippen LogP contribution in [0.4, 0.5) is 5.69 Å². The highest BCUT2D eigenvalue weighted by atomic mass is 16.3. The van der Waals surface area contributed by atoms with Gasteiger partial charge in [0.05, 0.1) is 28.9 Å². The molecule has 0 N–H and O–H groups in total. The van der Waals surface area contributed by atoms with Crippen LogP contribution in [0, 0.1) is 17.9 Å². The van der Waals surface area contributed by atoms with E-state index in [1.807, 2.05) is 30.3 Å². The predicted octanol–water partition coefficient (Wildman–Crippen LogP) is 9.93. The minimum atomic E-state index is 0.501. The van der Waals surface area contributed by atoms with E-state index < -0.39 is 0 Å². The van der Waals surface area contributed by atoms with Gasteiger partial charge in [-0.15, -0.1) is 0 Å². The summed E-state index contributed by atoms with van der Waals surface area (Å²) in [5.74, 6) is 0. The number of rotatable bonds is 2. The number of hydrogen-bond acceptors (Lipinski definition) is 2. The molecule has 4 nitrogen and oxygen atoms in total. The lowest BCUT2D eigenvalue weighted by molar-refractivity contribution is 0.669. The van der Waals surface area contributed by atoms with Crippen LogP contribution in [-0.4, -0.2) is 4.57 Å². The first kappa shape index (κ1) is 22.2. The maximum absolute atomic E-state index is 9.98. The molecule has 0 atom stereocenters. The summed E-state index contributed by atoms with van der Waals surface area (Å²) in [6.45, 7) is 7.57. The smallest absolute Gasteiger partial charge is 0.189 e. The van der Waals surface area contributed by atoms with Gasteiger partial charge in [-0.3, -0.25) is 0 Å². The third-order valence-corrected chi connectivity index (χ3v) is 7.84. The van der Waals surface area contributed by atoms with Crippen molar-refractivity contribution in [1.29, 1.82) is 5.26 Å². The largest absolute Gasteiger partial charge is 0.456 e. The molecule has 0 unspecified atom stereocenters. The molecular weight excluding hydrogens is 490 g/mol. The normalized spacial score (nSPS) is 11.4. The van der Waals surface area contributed by atoms with Crippen molar-refractivity contribution in [2.45, 2.75) is 0 Å². The molecule has 0 radical (unpaired) electrons. The molecular formula is C36H19N3O. The van der Waals surface area contributed by atoms with Gasteiger partial charge in [0, 0.05) is 21.5 Å². The maximum Gasteiger partial charge on any atom is 0.189 e. The Hall–Kier alpha value is -5.84. The van der Waals surface area contributed by atoms with Crippen molar-refractivity contribution >= 4 is 60.2 Å². The number of nitriles is 1. The third kappa shape index (κ3) is 3.11. The van der Waals surface area contributed by atoms with Crippen LogP contribution in [-0.2, 0) is 0 Å². The van der Waals surface area contributed by atoms with Crippen LogP contribution < -0.4 is 0 Å². The summed E-state index contributed by atoms with van der Waals surface area (Å²) >= 11 is 0. The van der Waals surface area contributed by atoms with Crippen LogP contribution in [0.3, 0.4) is 0 Å². The van der Waals surface area contributed by atoms with Gasteiger partial charge in [0.1, 0.15) is 17.2 Å². The van der Waals surface area contributed by atoms with Crippen LogP contribution in [0.15, 0.2) is 120 Å². The first-order chi connectivity index (χ1) is 19.7. The Morgan fingerprint density at radius 3 is 2.27 bits per heavy atom. The Kier molecular flexibility index (Phi) is 4.62. The average Bonchev–Trinajstić information content (AvgIpc) is 3.55. The monoisotopic (exact) mass is 509 g/mol. The minimum Gasteiger partial charge on any atom is -0.456 e. The van der Waals surface area contributed by atoms with Gasteiger partial charge < -0.3 is 8.98 Å². The topological polar surface area (TPSA) is 46.2 Å². The predicted molar refractivity (Wildman–Crippen MR) is 162 cm³/mol. The van der Waals surface area contributed by atoms with Crippen LogP contribution in [0.2, 0.25) is 0 Å². The number of fused-ring (bicyclic) bond motifs is 8. The van der Waals surface area contributed by atoms with Gasteiger partial charge in [0.25, 0.3) is 0 Å². The van der Waals surface area contributed by atoms with Gasteiger partial charge in [-0.05, 0) is 64.4 Å². The second-order valence-electron chi connectivity index (χ2n) is 9.98. The summed E-state index contributed by atoms with van der Waals surface area (Å²) in [6.07, 6.45) is 0. The fourth-order valence-electron chi connectivity index (χ4n) is 6.00. The molecule has 184 valence electrons. The highest BCUT2D eigenvalue weighted by Gasteiger charge is 2.18. The molecule has 0 amide bonds. The van der Waals surface area contributed by atoms with Crippen molar-refractivity contribution in [3.63, 3.8) is 0 Å². The molecule has 0 aliphatic rings. The van der Waals surface area contributed by atoms with Crippen molar-refractivity contribution in [3.8, 4) is 22.9 Å². The summed E-state index contributed by atoms with van der Waals surface area (Å²) in [4.78, 5) is 3.64. The molecule has 0 fully saturated rings. The van der Waals surface area contributed by atoms with E-state index in [0.717, 1.165) is 65.6 Å². The Morgan fingerprint density at radius 2 is 1.40 bits per heavy atom. The van der Waals surface area contributed by atoms with Crippen molar-refractivity contribution in [3.05, 3.63) is 132 Å². The molecule has 0 saturated heterocycles. The molecule has 0 saturated carbocycles. The van der Waals surface area contributed by atoms with E-state index in [2.05, 4.69) is 88.3 Å². The van der Waals surface area contributed by atoms with E-state index in [-0.39, 0.29) is 0 Å². The van der Waals surface area contributed by atoms with Crippen molar-refractivity contribution in [2.24, 2.45) is 0 Å². The lowest BCUT2D eigenvalue weighted by atomic mass is 9.99. The minimum absolute atomic E-state index is 0.501. The fraction of sp³-hybridized carbons (Fsp3) is 0. The van der Waals surface area contributed by atoms with Gasteiger partial charge in [-0.2, -0.15) is 5.26 Å². The summed E-state index contributed by atoms with van der Waals surface area (Å²) in [6, 6.07) is 41.2. The summed E-state index contributed by atoms with van der Waals surface area (Å²) in [5.41, 5.74) is 7.62. The van der Waals surface area contributed by atoms with Crippen LogP contribution in [0.5, 0.6) is 0 Å². The second-order valence-corrected chi connectivity index (χ2v) is 9.98. The standard InChI is InChI=1S/C36H19N3O/c1-38-26-14-10-25(21-37)33(20-26)39-31-16-13-23(18-30(31)36-27-7-3-2-6-22(27)12-17-32(36)39)24-11-15-29-28-8-4-5-9-34(28)40-35(29)19-24/h2-20H. The lowest BCUT2D eigenvalue weighted by Crippen LogP contribution is -1.97. The molecule has 8 aromatic rings. The van der Waals surface area contributed by atoms with Gasteiger partial charge in [-0.25, -0.2) is 4.85 Å². The fourth-order valence-corrected chi connectivity index (χ4v) is 6.00. The summed E-state index contributed by atoms with van der Waals surface area (Å²) in [5, 5.41) is 16.7. The Balaban J connectivity index is 1.45. The molecule has 0 bridgehead atoms. The highest BCUT2D eigenvalue weighted by molar-refractivity contribution is 6.22. The Morgan fingerprint density at radius 1 is 0.650 bits per heavy atom. The maximum atomic E-state index is 9.98. The molecule has 40 heavy (non-hydrogen) atoms. The molecule has 4 heteroatoms. The van der Waals surface area contributed by atoms with Gasteiger partial charge in [-0.1, -0.05) is 72.8 Å². The van der Waals surface area contributed by atoms with E-state index in [0.29, 0.717) is 16.9 Å². The van der Waals surface area contributed by atoms with Crippen molar-refractivity contribution in [2.75, 3.05) is 0 Å². The lowest BCUT2D eigenvalue weighted by Gasteiger charge is -2.11. The Bertz CT molecular complexity index is 2410. The first-order valence-electron chi connectivity index (χ1n) is 13.0. The van der Waals surface area contributed by atoms with Crippen LogP contribution in [0.1, 0.15) is 5.56 Å². The molecule has 2 heterocycles. The zero-order valence-corrected chi connectivity index (χ0v) is 21.2. The zero-order chi connectivity index (χ0) is 26.8. The molecule has 8 rings (SSSR count). The number of hydrogen-bond donors (Lipinski definition) is 0.